The van der Waals surface area contributed by atoms with E-state index in [4.69, 9.17) is 9.15 Å². The summed E-state index contributed by atoms with van der Waals surface area (Å²) >= 11 is 0. The van der Waals surface area contributed by atoms with Crippen molar-refractivity contribution in [3.8, 4) is 5.75 Å². The second kappa shape index (κ2) is 7.91. The lowest BCUT2D eigenvalue weighted by Gasteiger charge is -2.10. The fourth-order valence-electron chi connectivity index (χ4n) is 2.57. The van der Waals surface area contributed by atoms with Crippen molar-refractivity contribution < 1.29 is 13.9 Å². The summed E-state index contributed by atoms with van der Waals surface area (Å²) < 4.78 is 13.2. The van der Waals surface area contributed by atoms with E-state index in [-0.39, 0.29) is 24.3 Å². The highest BCUT2D eigenvalue weighted by Gasteiger charge is 2.17. The standard InChI is InChI=1S/C20H23N3O3/c1-4-23-12-11-17(22-23)15(3)21-20(24)19-10-9-16(26-19)13-25-18-8-6-5-7-14(18)2/h5-12,15H,4,13H2,1-3H3,(H,21,24). The van der Waals surface area contributed by atoms with Crippen LogP contribution in [0.4, 0.5) is 0 Å². The third-order valence-electron chi connectivity index (χ3n) is 4.13. The van der Waals surface area contributed by atoms with Crippen LogP contribution in [0.3, 0.4) is 0 Å². The molecule has 0 saturated heterocycles. The Morgan fingerprint density at radius 2 is 2.08 bits per heavy atom. The summed E-state index contributed by atoms with van der Waals surface area (Å²) in [6.07, 6.45) is 1.89. The number of hydrogen-bond donors (Lipinski definition) is 1. The predicted molar refractivity (Wildman–Crippen MR) is 98.0 cm³/mol. The third kappa shape index (κ3) is 4.14. The molecule has 1 unspecified atom stereocenters. The molecule has 0 aliphatic carbocycles. The molecule has 0 bridgehead atoms. The first-order chi connectivity index (χ1) is 12.6. The number of nitrogens with one attached hydrogen (secondary N) is 1. The van der Waals surface area contributed by atoms with E-state index < -0.39 is 0 Å². The van der Waals surface area contributed by atoms with Gasteiger partial charge in [0.15, 0.2) is 5.76 Å². The first kappa shape index (κ1) is 17.8. The first-order valence-electron chi connectivity index (χ1n) is 8.68. The number of aromatic nitrogens is 2. The van der Waals surface area contributed by atoms with Crippen molar-refractivity contribution in [3.05, 3.63) is 71.4 Å². The number of hydrogen-bond acceptors (Lipinski definition) is 4. The maximum absolute atomic E-state index is 12.4. The van der Waals surface area contributed by atoms with E-state index in [0.29, 0.717) is 5.76 Å². The molecule has 6 heteroatoms. The van der Waals surface area contributed by atoms with Gasteiger partial charge in [0.05, 0.1) is 11.7 Å². The molecule has 136 valence electrons. The third-order valence-corrected chi connectivity index (χ3v) is 4.13. The second-order valence-electron chi connectivity index (χ2n) is 6.11. The van der Waals surface area contributed by atoms with Crippen LogP contribution in [-0.2, 0) is 13.2 Å². The highest BCUT2D eigenvalue weighted by atomic mass is 16.5. The second-order valence-corrected chi connectivity index (χ2v) is 6.11. The van der Waals surface area contributed by atoms with Crippen LogP contribution in [-0.4, -0.2) is 15.7 Å². The molecular formula is C20H23N3O3. The number of para-hydroxylation sites is 1. The van der Waals surface area contributed by atoms with Gasteiger partial charge in [0.1, 0.15) is 18.1 Å². The van der Waals surface area contributed by atoms with Crippen LogP contribution in [0.15, 0.2) is 53.1 Å². The average Bonchev–Trinajstić information content (AvgIpc) is 3.30. The lowest BCUT2D eigenvalue weighted by Crippen LogP contribution is -2.26. The van der Waals surface area contributed by atoms with Gasteiger partial charge in [-0.25, -0.2) is 0 Å². The minimum absolute atomic E-state index is 0.202. The summed E-state index contributed by atoms with van der Waals surface area (Å²) in [5.74, 6) is 1.39. The number of rotatable bonds is 7. The lowest BCUT2D eigenvalue weighted by molar-refractivity contribution is 0.0907. The number of amides is 1. The Balaban J connectivity index is 1.58. The van der Waals surface area contributed by atoms with E-state index in [1.807, 2.05) is 62.0 Å². The number of carbonyl (C=O) groups excluding carboxylic acids is 1. The zero-order valence-electron chi connectivity index (χ0n) is 15.2. The number of furan rings is 1. The average molecular weight is 353 g/mol. The van der Waals surface area contributed by atoms with Gasteiger partial charge in [-0.3, -0.25) is 9.48 Å². The van der Waals surface area contributed by atoms with Crippen molar-refractivity contribution in [1.29, 1.82) is 0 Å². The zero-order valence-corrected chi connectivity index (χ0v) is 15.2. The fourth-order valence-corrected chi connectivity index (χ4v) is 2.57. The van der Waals surface area contributed by atoms with Gasteiger partial charge < -0.3 is 14.5 Å². The van der Waals surface area contributed by atoms with Crippen LogP contribution < -0.4 is 10.1 Å². The van der Waals surface area contributed by atoms with Crippen molar-refractivity contribution in [2.24, 2.45) is 0 Å². The van der Waals surface area contributed by atoms with Gasteiger partial charge >= 0.3 is 0 Å². The summed E-state index contributed by atoms with van der Waals surface area (Å²) in [5.41, 5.74) is 1.87. The molecule has 1 N–H and O–H groups in total. The van der Waals surface area contributed by atoms with Gasteiger partial charge in [-0.15, -0.1) is 0 Å². The number of aryl methyl sites for hydroxylation is 2. The zero-order chi connectivity index (χ0) is 18.5. The van der Waals surface area contributed by atoms with E-state index in [0.717, 1.165) is 23.6 Å². The molecule has 0 aliphatic heterocycles. The first-order valence-corrected chi connectivity index (χ1v) is 8.68. The lowest BCUT2D eigenvalue weighted by atomic mass is 10.2. The van der Waals surface area contributed by atoms with Gasteiger partial charge in [0.25, 0.3) is 5.91 Å². The molecule has 6 nitrogen and oxygen atoms in total. The molecule has 3 rings (SSSR count). The van der Waals surface area contributed by atoms with E-state index in [1.165, 1.54) is 0 Å². The van der Waals surface area contributed by atoms with E-state index in [1.54, 1.807) is 12.1 Å². The van der Waals surface area contributed by atoms with Crippen molar-refractivity contribution in [3.63, 3.8) is 0 Å². The topological polar surface area (TPSA) is 69.3 Å². The van der Waals surface area contributed by atoms with Crippen LogP contribution >= 0.6 is 0 Å². The summed E-state index contributed by atoms with van der Waals surface area (Å²) in [7, 11) is 0. The monoisotopic (exact) mass is 353 g/mol. The minimum Gasteiger partial charge on any atom is -0.485 e. The van der Waals surface area contributed by atoms with Gasteiger partial charge in [0, 0.05) is 12.7 Å². The van der Waals surface area contributed by atoms with Gasteiger partial charge in [-0.05, 0) is 50.6 Å². The van der Waals surface area contributed by atoms with Crippen molar-refractivity contribution in [2.75, 3.05) is 0 Å². The number of nitrogens with zero attached hydrogens (tertiary/aromatic N) is 2. The summed E-state index contributed by atoms with van der Waals surface area (Å²) in [4.78, 5) is 12.4. The normalized spacial score (nSPS) is 12.0. The Hall–Kier alpha value is -3.02. The van der Waals surface area contributed by atoms with E-state index in [2.05, 4.69) is 10.4 Å². The molecule has 26 heavy (non-hydrogen) atoms. The molecule has 3 aromatic rings. The fraction of sp³-hybridized carbons (Fsp3) is 0.300. The predicted octanol–water partition coefficient (Wildman–Crippen LogP) is 3.87. The van der Waals surface area contributed by atoms with Crippen LogP contribution in [0, 0.1) is 6.92 Å². The number of ether oxygens (including phenoxy) is 1. The molecule has 2 heterocycles. The summed E-state index contributed by atoms with van der Waals surface area (Å²) in [6, 6.07) is 12.9. The van der Waals surface area contributed by atoms with Crippen LogP contribution in [0.5, 0.6) is 5.75 Å². The molecule has 2 aromatic heterocycles. The Morgan fingerprint density at radius 3 is 2.81 bits per heavy atom. The number of benzene rings is 1. The van der Waals surface area contributed by atoms with Crippen molar-refractivity contribution in [2.45, 2.75) is 40.0 Å². The quantitative estimate of drug-likeness (QED) is 0.700. The summed E-state index contributed by atoms with van der Waals surface area (Å²) in [5, 5.41) is 7.30. The molecule has 1 aromatic carbocycles. The molecule has 1 atom stereocenters. The van der Waals surface area contributed by atoms with Crippen LogP contribution in [0.25, 0.3) is 0 Å². The molecule has 1 amide bonds. The Kier molecular flexibility index (Phi) is 5.41. The molecule has 0 saturated carbocycles. The highest BCUT2D eigenvalue weighted by molar-refractivity contribution is 5.91. The Morgan fingerprint density at radius 1 is 1.27 bits per heavy atom. The maximum atomic E-state index is 12.4. The van der Waals surface area contributed by atoms with E-state index in [9.17, 15) is 4.79 Å². The Labute approximate surface area is 152 Å². The van der Waals surface area contributed by atoms with Gasteiger partial charge in [-0.1, -0.05) is 18.2 Å². The molecule has 0 spiro atoms. The molecule has 0 fully saturated rings. The number of carbonyl (C=O) groups is 1. The highest BCUT2D eigenvalue weighted by Crippen LogP contribution is 2.19. The maximum Gasteiger partial charge on any atom is 0.287 e. The van der Waals surface area contributed by atoms with Crippen molar-refractivity contribution >= 4 is 5.91 Å². The summed E-state index contributed by atoms with van der Waals surface area (Å²) in [6.45, 7) is 6.96. The van der Waals surface area contributed by atoms with E-state index >= 15 is 0 Å². The smallest absolute Gasteiger partial charge is 0.287 e. The van der Waals surface area contributed by atoms with Gasteiger partial charge in [0.2, 0.25) is 0 Å². The van der Waals surface area contributed by atoms with Crippen LogP contribution in [0.1, 0.15) is 47.5 Å². The molecule has 0 aliphatic rings. The van der Waals surface area contributed by atoms with Gasteiger partial charge in [-0.2, -0.15) is 5.10 Å². The minimum atomic E-state index is -0.273. The SMILES string of the molecule is CCn1ccc(C(C)NC(=O)c2ccc(COc3ccccc3C)o2)n1. The molecular weight excluding hydrogens is 330 g/mol. The largest absolute Gasteiger partial charge is 0.485 e. The molecule has 0 radical (unpaired) electrons. The van der Waals surface area contributed by atoms with Crippen molar-refractivity contribution in [1.82, 2.24) is 15.1 Å². The Bertz CT molecular complexity index is 882. The van der Waals surface area contributed by atoms with Crippen LogP contribution in [0.2, 0.25) is 0 Å².